The molecule has 2 amide bonds. The minimum absolute atomic E-state index is 0.00251. The number of sulfone groups is 1. The monoisotopic (exact) mass is 491 g/mol. The average Bonchev–Trinajstić information content (AvgIpc) is 2.69. The minimum atomic E-state index is -3.90. The Balaban J connectivity index is 1.54. The van der Waals surface area contributed by atoms with Crippen LogP contribution in [0.2, 0.25) is 10.0 Å². The smallest absolute Gasteiger partial charge is 0.241 e. The molecule has 0 aromatic heterocycles. The van der Waals surface area contributed by atoms with Crippen molar-refractivity contribution >= 4 is 62.3 Å². The van der Waals surface area contributed by atoms with Gasteiger partial charge in [0, 0.05) is 17.3 Å². The molecule has 0 aliphatic carbocycles. The first-order chi connectivity index (χ1) is 14.2. The number of nitrogens with one attached hydrogen (secondary N) is 3. The third-order valence-corrected chi connectivity index (χ3v) is 7.80. The van der Waals surface area contributed by atoms with E-state index in [1.54, 1.807) is 0 Å². The van der Waals surface area contributed by atoms with Crippen LogP contribution in [-0.2, 0) is 19.4 Å². The maximum Gasteiger partial charge on any atom is 0.241 e. The maximum atomic E-state index is 13.2. The van der Waals surface area contributed by atoms with Gasteiger partial charge in [0.2, 0.25) is 11.8 Å². The van der Waals surface area contributed by atoms with Gasteiger partial charge in [-0.25, -0.2) is 12.8 Å². The molecule has 2 aromatic rings. The van der Waals surface area contributed by atoms with E-state index in [1.165, 1.54) is 36.4 Å². The molecule has 0 bridgehead atoms. The van der Waals surface area contributed by atoms with Crippen molar-refractivity contribution in [2.75, 3.05) is 17.6 Å². The summed E-state index contributed by atoms with van der Waals surface area (Å²) in [5, 5.41) is 6.98. The Hall–Kier alpha value is -1.85. The predicted octanol–water partition coefficient (Wildman–Crippen LogP) is 2.65. The molecule has 1 fully saturated rings. The Morgan fingerprint density at radius 2 is 1.90 bits per heavy atom. The lowest BCUT2D eigenvalue weighted by Gasteiger charge is -2.29. The number of hydrogen-bond donors (Lipinski definition) is 3. The SMILES string of the molecule is O=C(CSC1NCC(S(=O)(=O)c2ccc(Cl)cc2)C(=O)N1)Nc1ccc(F)c(Cl)c1. The average molecular weight is 492 g/mol. The highest BCUT2D eigenvalue weighted by Crippen LogP contribution is 2.22. The molecule has 3 rings (SSSR count). The molecule has 30 heavy (non-hydrogen) atoms. The van der Waals surface area contributed by atoms with Crippen molar-refractivity contribution in [3.8, 4) is 0 Å². The van der Waals surface area contributed by atoms with E-state index in [4.69, 9.17) is 23.2 Å². The van der Waals surface area contributed by atoms with Crippen LogP contribution < -0.4 is 16.0 Å². The van der Waals surface area contributed by atoms with Gasteiger partial charge in [-0.15, -0.1) is 11.8 Å². The van der Waals surface area contributed by atoms with Gasteiger partial charge in [-0.05, 0) is 42.5 Å². The topological polar surface area (TPSA) is 104 Å². The highest BCUT2D eigenvalue weighted by Gasteiger charge is 2.38. The first kappa shape index (κ1) is 22.8. The number of rotatable bonds is 6. The van der Waals surface area contributed by atoms with Crippen molar-refractivity contribution in [3.63, 3.8) is 0 Å². The molecule has 0 radical (unpaired) electrons. The van der Waals surface area contributed by atoms with Crippen LogP contribution in [-0.4, -0.2) is 43.3 Å². The summed E-state index contributed by atoms with van der Waals surface area (Å²) in [6.45, 7) is -0.107. The number of amides is 2. The second-order valence-electron chi connectivity index (χ2n) is 6.27. The lowest BCUT2D eigenvalue weighted by atomic mass is 10.3. The summed E-state index contributed by atoms with van der Waals surface area (Å²) in [5.41, 5.74) is -0.307. The second kappa shape index (κ2) is 9.52. The fraction of sp³-hybridized carbons (Fsp3) is 0.222. The van der Waals surface area contributed by atoms with Crippen LogP contribution in [0, 0.1) is 5.82 Å². The lowest BCUT2D eigenvalue weighted by Crippen LogP contribution is -2.59. The first-order valence-corrected chi connectivity index (χ1v) is 11.9. The fourth-order valence-electron chi connectivity index (χ4n) is 2.65. The van der Waals surface area contributed by atoms with Gasteiger partial charge >= 0.3 is 0 Å². The number of hydrogen-bond acceptors (Lipinski definition) is 6. The molecule has 0 spiro atoms. The Kier molecular flexibility index (Phi) is 7.25. The molecule has 0 saturated carbocycles. The number of anilines is 1. The first-order valence-electron chi connectivity index (χ1n) is 8.56. The molecule has 2 atom stereocenters. The van der Waals surface area contributed by atoms with Crippen LogP contribution in [0.4, 0.5) is 10.1 Å². The molecule has 3 N–H and O–H groups in total. The summed E-state index contributed by atoms with van der Waals surface area (Å²) in [6, 6.07) is 9.36. The maximum absolute atomic E-state index is 13.2. The third kappa shape index (κ3) is 5.44. The molecule has 1 heterocycles. The molecule has 7 nitrogen and oxygen atoms in total. The highest BCUT2D eigenvalue weighted by atomic mass is 35.5. The van der Waals surface area contributed by atoms with Crippen molar-refractivity contribution in [1.82, 2.24) is 10.6 Å². The second-order valence-corrected chi connectivity index (χ2v) is 10.3. The van der Waals surface area contributed by atoms with Gasteiger partial charge in [0.15, 0.2) is 15.1 Å². The van der Waals surface area contributed by atoms with E-state index in [9.17, 15) is 22.4 Å². The van der Waals surface area contributed by atoms with Gasteiger partial charge in [-0.3, -0.25) is 14.9 Å². The van der Waals surface area contributed by atoms with Gasteiger partial charge in [-0.2, -0.15) is 0 Å². The van der Waals surface area contributed by atoms with Crippen LogP contribution in [0.5, 0.6) is 0 Å². The summed E-state index contributed by atoms with van der Waals surface area (Å²) in [6.07, 6.45) is 0. The number of halogens is 3. The lowest BCUT2D eigenvalue weighted by molar-refractivity contribution is -0.122. The molecule has 2 unspecified atom stereocenters. The van der Waals surface area contributed by atoms with E-state index >= 15 is 0 Å². The highest BCUT2D eigenvalue weighted by molar-refractivity contribution is 8.00. The van der Waals surface area contributed by atoms with Gasteiger partial charge in [0.1, 0.15) is 11.3 Å². The zero-order chi connectivity index (χ0) is 21.9. The van der Waals surface area contributed by atoms with E-state index in [-0.39, 0.29) is 22.2 Å². The predicted molar refractivity (Wildman–Crippen MR) is 115 cm³/mol. The minimum Gasteiger partial charge on any atom is -0.331 e. The number of thioether (sulfide) groups is 1. The van der Waals surface area contributed by atoms with Crippen molar-refractivity contribution in [1.29, 1.82) is 0 Å². The Labute approximate surface area is 186 Å². The van der Waals surface area contributed by atoms with E-state index in [0.717, 1.165) is 17.8 Å². The van der Waals surface area contributed by atoms with Crippen molar-refractivity contribution in [2.24, 2.45) is 0 Å². The molecular formula is C18H16Cl2FN3O4S2. The van der Waals surface area contributed by atoms with E-state index in [0.29, 0.717) is 10.7 Å². The van der Waals surface area contributed by atoms with Crippen LogP contribution in [0.25, 0.3) is 0 Å². The standard InChI is InChI=1S/C18H16Cl2FN3O4S2/c19-10-1-4-12(5-2-10)30(27,28)15-8-22-18(24-17(15)26)29-9-16(25)23-11-3-6-14(21)13(20)7-11/h1-7,15,18,22H,8-9H2,(H,23,25)(H,24,26). The Morgan fingerprint density at radius 3 is 2.53 bits per heavy atom. The van der Waals surface area contributed by atoms with Crippen molar-refractivity contribution < 1.29 is 22.4 Å². The summed E-state index contributed by atoms with van der Waals surface area (Å²) < 4.78 is 38.5. The van der Waals surface area contributed by atoms with Gasteiger partial charge in [-0.1, -0.05) is 23.2 Å². The zero-order valence-corrected chi connectivity index (χ0v) is 18.3. The zero-order valence-electron chi connectivity index (χ0n) is 15.2. The number of carbonyl (C=O) groups is 2. The third-order valence-electron chi connectivity index (χ3n) is 4.16. The van der Waals surface area contributed by atoms with Crippen molar-refractivity contribution in [3.05, 3.63) is 58.3 Å². The molecule has 12 heteroatoms. The van der Waals surface area contributed by atoms with Crippen LogP contribution >= 0.6 is 35.0 Å². The van der Waals surface area contributed by atoms with E-state index < -0.39 is 38.2 Å². The summed E-state index contributed by atoms with van der Waals surface area (Å²) in [7, 11) is -3.90. The fourth-order valence-corrected chi connectivity index (χ4v) is 5.27. The van der Waals surface area contributed by atoms with E-state index in [2.05, 4.69) is 16.0 Å². The van der Waals surface area contributed by atoms with Crippen LogP contribution in [0.15, 0.2) is 47.4 Å². The number of carbonyl (C=O) groups excluding carboxylic acids is 2. The van der Waals surface area contributed by atoms with Gasteiger partial charge in [0.05, 0.1) is 15.7 Å². The van der Waals surface area contributed by atoms with E-state index in [1.807, 2.05) is 0 Å². The molecular weight excluding hydrogens is 476 g/mol. The molecule has 160 valence electrons. The Morgan fingerprint density at radius 1 is 1.20 bits per heavy atom. The molecule has 2 aromatic carbocycles. The van der Waals surface area contributed by atoms with Gasteiger partial charge < -0.3 is 10.6 Å². The van der Waals surface area contributed by atoms with Crippen LogP contribution in [0.3, 0.4) is 0 Å². The van der Waals surface area contributed by atoms with Crippen molar-refractivity contribution in [2.45, 2.75) is 15.6 Å². The molecule has 1 saturated heterocycles. The molecule has 1 aliphatic heterocycles. The number of benzene rings is 2. The quantitative estimate of drug-likeness (QED) is 0.573. The van der Waals surface area contributed by atoms with Gasteiger partial charge in [0.25, 0.3) is 0 Å². The normalized spacial score (nSPS) is 19.2. The largest absolute Gasteiger partial charge is 0.331 e. The summed E-state index contributed by atoms with van der Waals surface area (Å²) >= 11 is 12.5. The van der Waals surface area contributed by atoms with Crippen LogP contribution in [0.1, 0.15) is 0 Å². The Bertz CT molecular complexity index is 1070. The molecule has 1 aliphatic rings. The summed E-state index contributed by atoms with van der Waals surface area (Å²) in [4.78, 5) is 24.4. The summed E-state index contributed by atoms with van der Waals surface area (Å²) in [5.74, 6) is -1.69.